The number of halogens is 1. The maximum atomic E-state index is 11.6. The van der Waals surface area contributed by atoms with Crippen LogP contribution >= 0.6 is 11.6 Å². The van der Waals surface area contributed by atoms with Crippen molar-refractivity contribution >= 4 is 34.2 Å². The van der Waals surface area contributed by atoms with Crippen molar-refractivity contribution < 1.29 is 4.79 Å². The number of hydrogen-bond acceptors (Lipinski definition) is 2. The molecule has 6 heteroatoms. The number of nitrogens with zero attached hydrogens (tertiary/aromatic N) is 1. The van der Waals surface area contributed by atoms with Crippen molar-refractivity contribution in [2.75, 3.05) is 5.32 Å². The molecule has 1 aromatic heterocycles. The van der Waals surface area contributed by atoms with Gasteiger partial charge in [-0.05, 0) is 18.6 Å². The van der Waals surface area contributed by atoms with Crippen LogP contribution in [-0.4, -0.2) is 15.5 Å². The quantitative estimate of drug-likeness (QED) is 0.724. The van der Waals surface area contributed by atoms with E-state index in [4.69, 9.17) is 11.6 Å². The Morgan fingerprint density at radius 1 is 1.44 bits per heavy atom. The molecule has 0 radical (unpaired) electrons. The number of benzene rings is 1. The summed E-state index contributed by atoms with van der Waals surface area (Å²) < 4.78 is 1.40. The number of carbonyl (C=O) groups excluding carboxylic acids is 1. The van der Waals surface area contributed by atoms with Crippen molar-refractivity contribution in [1.29, 1.82) is 0 Å². The van der Waals surface area contributed by atoms with Gasteiger partial charge in [-0.3, -0.25) is 9.36 Å². The van der Waals surface area contributed by atoms with Crippen LogP contribution in [0, 0.1) is 6.92 Å². The van der Waals surface area contributed by atoms with Gasteiger partial charge in [0, 0.05) is 0 Å². The normalized spacial score (nSPS) is 14.2. The molecule has 82 valence electrons. The highest BCUT2D eigenvalue weighted by atomic mass is 35.5. The van der Waals surface area contributed by atoms with E-state index in [1.807, 2.05) is 6.92 Å². The van der Waals surface area contributed by atoms with Gasteiger partial charge in [0.1, 0.15) is 6.54 Å². The predicted octanol–water partition coefficient (Wildman–Crippen LogP) is 1.24. The predicted molar refractivity (Wildman–Crippen MR) is 60.9 cm³/mol. The van der Waals surface area contributed by atoms with Crippen molar-refractivity contribution in [3.63, 3.8) is 0 Å². The fourth-order valence-corrected chi connectivity index (χ4v) is 2.22. The summed E-state index contributed by atoms with van der Waals surface area (Å²) in [4.78, 5) is 25.7. The molecular formula is C10H8ClN3O2. The first-order chi connectivity index (χ1) is 7.58. The van der Waals surface area contributed by atoms with Gasteiger partial charge in [-0.2, -0.15) is 0 Å². The van der Waals surface area contributed by atoms with E-state index in [0.29, 0.717) is 21.7 Å². The number of aromatic nitrogens is 2. The van der Waals surface area contributed by atoms with Crippen LogP contribution in [0.3, 0.4) is 0 Å². The van der Waals surface area contributed by atoms with E-state index in [2.05, 4.69) is 10.3 Å². The first kappa shape index (κ1) is 9.47. The van der Waals surface area contributed by atoms with Gasteiger partial charge in [0.2, 0.25) is 5.91 Å². The van der Waals surface area contributed by atoms with Gasteiger partial charge in [0.25, 0.3) is 0 Å². The Balaban J connectivity index is 2.56. The molecule has 0 saturated heterocycles. The Morgan fingerprint density at radius 2 is 2.19 bits per heavy atom. The lowest BCUT2D eigenvalue weighted by molar-refractivity contribution is -0.116. The highest BCUT2D eigenvalue weighted by Gasteiger charge is 2.23. The van der Waals surface area contributed by atoms with Crippen molar-refractivity contribution in [2.24, 2.45) is 0 Å². The summed E-state index contributed by atoms with van der Waals surface area (Å²) in [5, 5.41) is 3.18. The third-order valence-electron chi connectivity index (χ3n) is 2.74. The Morgan fingerprint density at radius 3 is 2.94 bits per heavy atom. The lowest BCUT2D eigenvalue weighted by atomic mass is 10.1. The fraction of sp³-hybridized carbons (Fsp3) is 0.200. The van der Waals surface area contributed by atoms with Gasteiger partial charge in [-0.15, -0.1) is 0 Å². The Kier molecular flexibility index (Phi) is 1.71. The van der Waals surface area contributed by atoms with E-state index in [-0.39, 0.29) is 18.1 Å². The van der Waals surface area contributed by atoms with E-state index in [9.17, 15) is 9.59 Å². The zero-order valence-electron chi connectivity index (χ0n) is 8.43. The standard InChI is InChI=1S/C10H8ClN3O2/c1-4-2-5-9-8(7(4)11)13-6(15)3-14(9)10(16)12-5/h2H,3H2,1H3,(H,12,16)(H,13,15). The summed E-state index contributed by atoms with van der Waals surface area (Å²) in [6, 6.07) is 1.80. The molecule has 5 nitrogen and oxygen atoms in total. The first-order valence-electron chi connectivity index (χ1n) is 4.79. The average Bonchev–Trinajstić information content (AvgIpc) is 2.52. The molecule has 1 amide bonds. The molecule has 0 aliphatic carbocycles. The highest BCUT2D eigenvalue weighted by molar-refractivity contribution is 6.36. The number of aryl methyl sites for hydroxylation is 1. The largest absolute Gasteiger partial charge is 0.327 e. The van der Waals surface area contributed by atoms with Gasteiger partial charge < -0.3 is 10.3 Å². The van der Waals surface area contributed by atoms with Crippen LogP contribution in [0.1, 0.15) is 5.56 Å². The number of hydrogen-bond donors (Lipinski definition) is 2. The van der Waals surface area contributed by atoms with Crippen LogP contribution in [0.25, 0.3) is 11.0 Å². The highest BCUT2D eigenvalue weighted by Crippen LogP contribution is 2.34. The molecule has 0 atom stereocenters. The molecule has 0 spiro atoms. The molecule has 3 rings (SSSR count). The molecule has 2 aromatic rings. The van der Waals surface area contributed by atoms with E-state index in [1.54, 1.807) is 6.07 Å². The van der Waals surface area contributed by atoms with Gasteiger partial charge >= 0.3 is 5.69 Å². The second kappa shape index (κ2) is 2.89. The summed E-state index contributed by atoms with van der Waals surface area (Å²) in [7, 11) is 0. The molecule has 0 saturated carbocycles. The van der Waals surface area contributed by atoms with E-state index >= 15 is 0 Å². The fourth-order valence-electron chi connectivity index (χ4n) is 2.03. The summed E-state index contributed by atoms with van der Waals surface area (Å²) in [5.41, 5.74) is 2.42. The van der Waals surface area contributed by atoms with E-state index in [1.165, 1.54) is 4.57 Å². The number of rotatable bonds is 0. The molecule has 2 N–H and O–H groups in total. The number of carbonyl (C=O) groups is 1. The summed E-state index contributed by atoms with van der Waals surface area (Å²) in [6.07, 6.45) is 0. The number of anilines is 1. The van der Waals surface area contributed by atoms with Crippen molar-refractivity contribution in [3.05, 3.63) is 27.1 Å². The van der Waals surface area contributed by atoms with Crippen molar-refractivity contribution in [2.45, 2.75) is 13.5 Å². The van der Waals surface area contributed by atoms with Crippen LogP contribution in [-0.2, 0) is 11.3 Å². The van der Waals surface area contributed by atoms with E-state index < -0.39 is 0 Å². The lowest BCUT2D eigenvalue weighted by Gasteiger charge is -2.17. The van der Waals surface area contributed by atoms with Gasteiger partial charge in [0.15, 0.2) is 0 Å². The second-order valence-corrected chi connectivity index (χ2v) is 4.22. The van der Waals surface area contributed by atoms with Crippen LogP contribution in [0.5, 0.6) is 0 Å². The molecule has 16 heavy (non-hydrogen) atoms. The van der Waals surface area contributed by atoms with Crippen LogP contribution in [0.4, 0.5) is 5.69 Å². The van der Waals surface area contributed by atoms with Gasteiger partial charge in [-0.25, -0.2) is 4.79 Å². The van der Waals surface area contributed by atoms with Gasteiger partial charge in [-0.1, -0.05) is 11.6 Å². The van der Waals surface area contributed by atoms with Crippen LogP contribution in [0.15, 0.2) is 10.9 Å². The summed E-state index contributed by atoms with van der Waals surface area (Å²) in [6.45, 7) is 1.86. The third-order valence-corrected chi connectivity index (χ3v) is 3.23. The molecule has 0 unspecified atom stereocenters. The van der Waals surface area contributed by atoms with Crippen molar-refractivity contribution in [3.8, 4) is 0 Å². The zero-order chi connectivity index (χ0) is 11.4. The minimum absolute atomic E-state index is 0.0330. The topological polar surface area (TPSA) is 66.9 Å². The Bertz CT molecular complexity index is 683. The SMILES string of the molecule is Cc1cc2[nH]c(=O)n3c2c(c1Cl)NC(=O)C3. The number of amides is 1. The van der Waals surface area contributed by atoms with E-state index in [0.717, 1.165) is 5.56 Å². The van der Waals surface area contributed by atoms with Crippen molar-refractivity contribution in [1.82, 2.24) is 9.55 Å². The molecule has 2 heterocycles. The smallest absolute Gasteiger partial charge is 0.321 e. The molecule has 0 bridgehead atoms. The first-order valence-corrected chi connectivity index (χ1v) is 5.17. The monoisotopic (exact) mass is 237 g/mol. The minimum Gasteiger partial charge on any atom is -0.321 e. The average molecular weight is 238 g/mol. The maximum absolute atomic E-state index is 11.6. The molecule has 1 aliphatic heterocycles. The zero-order valence-corrected chi connectivity index (χ0v) is 9.18. The number of imidazole rings is 1. The molecule has 1 aromatic carbocycles. The Labute approximate surface area is 95.0 Å². The molecule has 0 fully saturated rings. The maximum Gasteiger partial charge on any atom is 0.327 e. The molecule has 1 aliphatic rings. The second-order valence-electron chi connectivity index (χ2n) is 3.84. The molecular weight excluding hydrogens is 230 g/mol. The summed E-state index contributed by atoms with van der Waals surface area (Å²) >= 11 is 6.11. The number of nitrogens with one attached hydrogen (secondary N) is 2. The van der Waals surface area contributed by atoms with Crippen LogP contribution in [0.2, 0.25) is 5.02 Å². The Hall–Kier alpha value is -1.75. The number of H-pyrrole nitrogens is 1. The number of aromatic amines is 1. The summed E-state index contributed by atoms with van der Waals surface area (Å²) in [5.74, 6) is -0.233. The van der Waals surface area contributed by atoms with Gasteiger partial charge in [0.05, 0.1) is 21.7 Å². The van der Waals surface area contributed by atoms with Crippen LogP contribution < -0.4 is 11.0 Å². The lowest BCUT2D eigenvalue weighted by Crippen LogP contribution is -2.29. The minimum atomic E-state index is -0.284. The third kappa shape index (κ3) is 1.06.